The number of terminal acetylenes is 3. The second-order valence-electron chi connectivity index (χ2n) is 6.86. The molecule has 17 heteroatoms. The van der Waals surface area contributed by atoms with Gasteiger partial charge in [-0.1, -0.05) is 11.8 Å². The van der Waals surface area contributed by atoms with Crippen LogP contribution in [0.2, 0.25) is 0 Å². The van der Waals surface area contributed by atoms with Crippen LogP contribution in [0.15, 0.2) is 0 Å². The van der Waals surface area contributed by atoms with Gasteiger partial charge in [-0.25, -0.2) is 9.13 Å². The molecule has 0 saturated carbocycles. The predicted octanol–water partition coefficient (Wildman–Crippen LogP) is 1.55. The highest BCUT2D eigenvalue weighted by atomic mass is 31.2. The largest absolute Gasteiger partial charge is 0.472 e. The zero-order valence-electron chi connectivity index (χ0n) is 20.3. The minimum atomic E-state index is -4.72. The summed E-state index contributed by atoms with van der Waals surface area (Å²) in [5.74, 6) is 6.68. The first kappa shape index (κ1) is 35.9. The van der Waals surface area contributed by atoms with Gasteiger partial charge in [-0.05, 0) is 6.42 Å². The Kier molecular flexibility index (Phi) is 19.3. The molecule has 0 rings (SSSR count). The van der Waals surface area contributed by atoms with E-state index in [1.165, 1.54) is 6.66 Å². The number of phosphoric ester groups is 2. The van der Waals surface area contributed by atoms with Crippen LogP contribution >= 0.6 is 23.2 Å². The number of hydrogen-bond acceptors (Lipinski definition) is 12. The van der Waals surface area contributed by atoms with Crippen LogP contribution in [0.4, 0.5) is 0 Å². The van der Waals surface area contributed by atoms with Gasteiger partial charge in [-0.2, -0.15) is 0 Å². The van der Waals surface area contributed by atoms with Crippen molar-refractivity contribution >= 4 is 23.2 Å². The smallest absolute Gasteiger partial charge is 0.396 e. The zero-order chi connectivity index (χ0) is 28.2. The summed E-state index contributed by atoms with van der Waals surface area (Å²) in [6.07, 6.45) is 13.5. The van der Waals surface area contributed by atoms with Gasteiger partial charge in [-0.15, -0.1) is 25.2 Å². The summed E-state index contributed by atoms with van der Waals surface area (Å²) < 4.78 is 76.2. The van der Waals surface area contributed by atoms with E-state index in [-0.39, 0.29) is 52.5 Å². The number of aliphatic hydroxyl groups is 1. The Hall–Kier alpha value is -1.07. The van der Waals surface area contributed by atoms with Crippen LogP contribution in [0.3, 0.4) is 0 Å². The van der Waals surface area contributed by atoms with Crippen molar-refractivity contribution in [3.8, 4) is 37.0 Å². The van der Waals surface area contributed by atoms with Crippen LogP contribution < -0.4 is 0 Å². The Bertz CT molecular complexity index is 905. The molecule has 0 aliphatic carbocycles. The van der Waals surface area contributed by atoms with Crippen molar-refractivity contribution in [1.82, 2.24) is 0 Å². The maximum Gasteiger partial charge on any atom is 0.472 e. The van der Waals surface area contributed by atoms with E-state index in [0.717, 1.165) is 0 Å². The van der Waals surface area contributed by atoms with Crippen LogP contribution in [0.5, 0.6) is 0 Å². The lowest BCUT2D eigenvalue weighted by molar-refractivity contribution is -0.0230. The zero-order valence-corrected chi connectivity index (χ0v) is 23.0. The first-order valence-corrected chi connectivity index (χ1v) is 15.6. The summed E-state index contributed by atoms with van der Waals surface area (Å²) in [5, 5.41) is 8.69. The second kappa shape index (κ2) is 19.9. The first-order valence-electron chi connectivity index (χ1n) is 10.6. The lowest BCUT2D eigenvalue weighted by Gasteiger charge is -2.22. The maximum absolute atomic E-state index is 12.3. The molecule has 3 N–H and O–H groups in total. The number of phosphoric acid groups is 2. The highest BCUT2D eigenvalue weighted by molar-refractivity contribution is 7.53. The Balaban J connectivity index is 4.87. The standard InChI is InChI=1S/C20H33O14P3/c1-5-8-13-29-35(4,22)31-15-19(27-11-6-2)16-33-37(25,26)34-18-20(28-12-7-3)17-32-36(23,24)30-14-9-10-21/h1-3,19-21H,8-18H2,4H3,(H,23,24)(H,25,26). The van der Waals surface area contributed by atoms with Crippen LogP contribution in [0.1, 0.15) is 12.8 Å². The van der Waals surface area contributed by atoms with E-state index in [4.69, 9.17) is 56.5 Å². The molecule has 0 bridgehead atoms. The number of aliphatic hydroxyl groups excluding tert-OH is 1. The molecular weight excluding hydrogens is 557 g/mol. The molecule has 37 heavy (non-hydrogen) atoms. The summed E-state index contributed by atoms with van der Waals surface area (Å²) in [5.41, 5.74) is 0. The lowest BCUT2D eigenvalue weighted by Crippen LogP contribution is -2.27. The molecule has 0 aliphatic heterocycles. The normalized spacial score (nSPS) is 17.8. The van der Waals surface area contributed by atoms with Gasteiger partial charge in [0.1, 0.15) is 25.4 Å². The topological polar surface area (TPSA) is 186 Å². The lowest BCUT2D eigenvalue weighted by atomic mass is 10.4. The van der Waals surface area contributed by atoms with Crippen molar-refractivity contribution in [3.63, 3.8) is 0 Å². The average Bonchev–Trinajstić information content (AvgIpc) is 2.83. The molecule has 5 atom stereocenters. The Morgan fingerprint density at radius 2 is 1.16 bits per heavy atom. The molecule has 212 valence electrons. The third-order valence-electron chi connectivity index (χ3n) is 3.70. The van der Waals surface area contributed by atoms with E-state index in [2.05, 4.69) is 22.3 Å². The Labute approximate surface area is 217 Å². The molecule has 0 amide bonds. The summed E-state index contributed by atoms with van der Waals surface area (Å²) in [6.45, 7) is -1.91. The van der Waals surface area contributed by atoms with Crippen molar-refractivity contribution in [1.29, 1.82) is 0 Å². The van der Waals surface area contributed by atoms with Crippen LogP contribution in [0.25, 0.3) is 0 Å². The molecule has 0 heterocycles. The van der Waals surface area contributed by atoms with Crippen LogP contribution in [-0.4, -0.2) is 93.2 Å². The highest BCUT2D eigenvalue weighted by Gasteiger charge is 2.29. The molecule has 0 aliphatic rings. The van der Waals surface area contributed by atoms with Gasteiger partial charge in [0.15, 0.2) is 0 Å². The van der Waals surface area contributed by atoms with Crippen molar-refractivity contribution < 1.29 is 65.2 Å². The minimum absolute atomic E-state index is 0.00346. The predicted molar refractivity (Wildman–Crippen MR) is 131 cm³/mol. The van der Waals surface area contributed by atoms with Gasteiger partial charge < -0.3 is 33.4 Å². The Morgan fingerprint density at radius 1 is 0.703 bits per heavy atom. The molecule has 14 nitrogen and oxygen atoms in total. The SMILES string of the molecule is C#CCCOP(C)(=O)OCC(COP(=O)(O)OCC(COP(=O)(O)OCCCO)OCC#C)OCC#C. The van der Waals surface area contributed by atoms with Crippen molar-refractivity contribution in [2.24, 2.45) is 0 Å². The summed E-state index contributed by atoms with van der Waals surface area (Å²) >= 11 is 0. The summed E-state index contributed by atoms with van der Waals surface area (Å²) in [7, 11) is -12.7. The van der Waals surface area contributed by atoms with Crippen molar-refractivity contribution in [3.05, 3.63) is 0 Å². The van der Waals surface area contributed by atoms with E-state index in [1.807, 2.05) is 0 Å². The number of rotatable bonds is 23. The van der Waals surface area contributed by atoms with Gasteiger partial charge >= 0.3 is 23.2 Å². The Morgan fingerprint density at radius 3 is 1.59 bits per heavy atom. The average molecular weight is 590 g/mol. The van der Waals surface area contributed by atoms with Crippen molar-refractivity contribution in [2.45, 2.75) is 25.0 Å². The molecular formula is C20H33O14P3. The van der Waals surface area contributed by atoms with E-state index in [0.29, 0.717) is 0 Å². The van der Waals surface area contributed by atoms with Gasteiger partial charge in [0.05, 0.1) is 39.6 Å². The number of hydrogen-bond donors (Lipinski definition) is 3. The fourth-order valence-corrected chi connectivity index (χ4v) is 4.51. The van der Waals surface area contributed by atoms with Gasteiger partial charge in [0.2, 0.25) is 0 Å². The van der Waals surface area contributed by atoms with Crippen LogP contribution in [0, 0.1) is 37.0 Å². The quantitative estimate of drug-likeness (QED) is 0.0884. The molecule has 5 unspecified atom stereocenters. The van der Waals surface area contributed by atoms with Gasteiger partial charge in [-0.3, -0.25) is 22.7 Å². The fourth-order valence-electron chi connectivity index (χ4n) is 2.00. The molecule has 0 fully saturated rings. The third kappa shape index (κ3) is 20.6. The van der Waals surface area contributed by atoms with Crippen LogP contribution in [-0.2, 0) is 50.3 Å². The minimum Gasteiger partial charge on any atom is -0.396 e. The van der Waals surface area contributed by atoms with Crippen molar-refractivity contribution in [2.75, 3.05) is 66.1 Å². The molecule has 0 saturated heterocycles. The summed E-state index contributed by atoms with van der Waals surface area (Å²) in [6, 6.07) is 0. The van der Waals surface area contributed by atoms with E-state index >= 15 is 0 Å². The van der Waals surface area contributed by atoms with Gasteiger partial charge in [0.25, 0.3) is 0 Å². The molecule has 0 aromatic heterocycles. The maximum atomic E-state index is 12.3. The fraction of sp³-hybridized carbons (Fsp3) is 0.700. The first-order chi connectivity index (χ1) is 17.4. The third-order valence-corrected chi connectivity index (χ3v) is 6.90. The van der Waals surface area contributed by atoms with E-state index < -0.39 is 55.3 Å². The monoisotopic (exact) mass is 590 g/mol. The number of ether oxygens (including phenoxy) is 2. The molecule has 0 spiro atoms. The second-order valence-corrected chi connectivity index (χ2v) is 11.8. The van der Waals surface area contributed by atoms with E-state index in [9.17, 15) is 23.5 Å². The van der Waals surface area contributed by atoms with E-state index in [1.54, 1.807) is 0 Å². The molecule has 0 radical (unpaired) electrons. The van der Waals surface area contributed by atoms with Gasteiger partial charge in [0, 0.05) is 19.7 Å². The summed E-state index contributed by atoms with van der Waals surface area (Å²) in [4.78, 5) is 19.6. The molecule has 0 aromatic carbocycles. The molecule has 0 aromatic rings. The highest BCUT2D eigenvalue weighted by Crippen LogP contribution is 2.46.